The molecule has 1 unspecified atom stereocenters. The molecule has 3 nitrogen and oxygen atoms in total. The fraction of sp³-hybridized carbons (Fsp3) is 0.571. The van der Waals surface area contributed by atoms with E-state index in [1.165, 1.54) is 16.8 Å². The molecule has 1 aromatic carbocycles. The van der Waals surface area contributed by atoms with Gasteiger partial charge in [-0.2, -0.15) is 0 Å². The quantitative estimate of drug-likeness (QED) is 0.865. The Morgan fingerprint density at radius 1 is 1.47 bits per heavy atom. The second kappa shape index (κ2) is 5.52. The largest absolute Gasteiger partial charge is 0.377 e. The predicted octanol–water partition coefficient (Wildman–Crippen LogP) is 1.94. The average Bonchev–Trinajstić information content (AvgIpc) is 2.31. The summed E-state index contributed by atoms with van der Waals surface area (Å²) in [6, 6.07) is 7.16. The van der Waals surface area contributed by atoms with Gasteiger partial charge in [0, 0.05) is 24.8 Å². The van der Waals surface area contributed by atoms with Crippen molar-refractivity contribution in [2.45, 2.75) is 26.4 Å². The third kappa shape index (κ3) is 2.79. The summed E-state index contributed by atoms with van der Waals surface area (Å²) in [7, 11) is 1.99. The van der Waals surface area contributed by atoms with Gasteiger partial charge in [0.2, 0.25) is 0 Å². The maximum absolute atomic E-state index is 5.50. The monoisotopic (exact) mass is 234 g/mol. The molecule has 1 N–H and O–H groups in total. The van der Waals surface area contributed by atoms with Gasteiger partial charge in [0.05, 0.1) is 13.2 Å². The summed E-state index contributed by atoms with van der Waals surface area (Å²) in [6.07, 6.45) is 0. The Balaban J connectivity index is 2.29. The lowest BCUT2D eigenvalue weighted by atomic mass is 10.1. The molecule has 1 atom stereocenters. The van der Waals surface area contributed by atoms with Gasteiger partial charge in [0.1, 0.15) is 0 Å². The van der Waals surface area contributed by atoms with Crippen LogP contribution < -0.4 is 10.2 Å². The highest BCUT2D eigenvalue weighted by atomic mass is 16.5. The Kier molecular flexibility index (Phi) is 4.02. The first-order valence-electron chi connectivity index (χ1n) is 6.31. The van der Waals surface area contributed by atoms with Crippen LogP contribution in [0.2, 0.25) is 0 Å². The Labute approximate surface area is 104 Å². The van der Waals surface area contributed by atoms with Crippen LogP contribution in [-0.4, -0.2) is 32.8 Å². The Morgan fingerprint density at radius 2 is 2.29 bits per heavy atom. The molecule has 94 valence electrons. The molecular formula is C14H22N2O. The second-order valence-electron chi connectivity index (χ2n) is 4.78. The number of nitrogens with zero attached hydrogens (tertiary/aromatic N) is 1. The van der Waals surface area contributed by atoms with E-state index in [0.29, 0.717) is 6.04 Å². The van der Waals surface area contributed by atoms with Gasteiger partial charge in [-0.05, 0) is 32.5 Å². The minimum absolute atomic E-state index is 0.460. The minimum Gasteiger partial charge on any atom is -0.377 e. The van der Waals surface area contributed by atoms with E-state index in [4.69, 9.17) is 4.74 Å². The molecule has 0 saturated carbocycles. The molecule has 1 aliphatic heterocycles. The van der Waals surface area contributed by atoms with Crippen LogP contribution in [0.1, 0.15) is 18.1 Å². The molecule has 0 aromatic heterocycles. The summed E-state index contributed by atoms with van der Waals surface area (Å²) >= 11 is 0. The molecule has 3 heteroatoms. The molecule has 2 rings (SSSR count). The molecule has 0 amide bonds. The fourth-order valence-electron chi connectivity index (χ4n) is 2.41. The van der Waals surface area contributed by atoms with Gasteiger partial charge >= 0.3 is 0 Å². The highest BCUT2D eigenvalue weighted by Crippen LogP contribution is 2.25. The number of morpholine rings is 1. The van der Waals surface area contributed by atoms with Crippen LogP contribution in [0.5, 0.6) is 0 Å². The van der Waals surface area contributed by atoms with Gasteiger partial charge in [-0.25, -0.2) is 0 Å². The van der Waals surface area contributed by atoms with Gasteiger partial charge in [0.25, 0.3) is 0 Å². The van der Waals surface area contributed by atoms with Crippen LogP contribution in [-0.2, 0) is 11.3 Å². The van der Waals surface area contributed by atoms with Gasteiger partial charge in [-0.3, -0.25) is 0 Å². The molecule has 0 spiro atoms. The lowest BCUT2D eigenvalue weighted by Gasteiger charge is -2.36. The zero-order chi connectivity index (χ0) is 12.3. The number of nitrogens with one attached hydrogen (secondary N) is 1. The van der Waals surface area contributed by atoms with Crippen LogP contribution in [0.15, 0.2) is 18.2 Å². The van der Waals surface area contributed by atoms with E-state index in [1.807, 2.05) is 7.05 Å². The van der Waals surface area contributed by atoms with E-state index in [2.05, 4.69) is 42.3 Å². The third-order valence-corrected chi connectivity index (χ3v) is 3.28. The van der Waals surface area contributed by atoms with Crippen molar-refractivity contribution in [1.82, 2.24) is 5.32 Å². The first kappa shape index (κ1) is 12.4. The maximum Gasteiger partial charge on any atom is 0.0668 e. The molecule has 0 aliphatic carbocycles. The van der Waals surface area contributed by atoms with E-state index >= 15 is 0 Å². The van der Waals surface area contributed by atoms with E-state index in [0.717, 1.165) is 26.3 Å². The first-order chi connectivity index (χ1) is 8.22. The second-order valence-corrected chi connectivity index (χ2v) is 4.78. The number of anilines is 1. The van der Waals surface area contributed by atoms with Crippen molar-refractivity contribution in [3.05, 3.63) is 29.3 Å². The molecule has 1 fully saturated rings. The number of ether oxygens (including phenoxy) is 1. The predicted molar refractivity (Wildman–Crippen MR) is 71.6 cm³/mol. The highest BCUT2D eigenvalue weighted by Gasteiger charge is 2.20. The summed E-state index contributed by atoms with van der Waals surface area (Å²) in [6.45, 7) is 7.93. The molecule has 17 heavy (non-hydrogen) atoms. The van der Waals surface area contributed by atoms with E-state index in [1.54, 1.807) is 0 Å². The van der Waals surface area contributed by atoms with Crippen molar-refractivity contribution in [3.8, 4) is 0 Å². The van der Waals surface area contributed by atoms with Crippen LogP contribution in [0.3, 0.4) is 0 Å². The van der Waals surface area contributed by atoms with Gasteiger partial charge in [0.15, 0.2) is 0 Å². The smallest absolute Gasteiger partial charge is 0.0668 e. The zero-order valence-corrected chi connectivity index (χ0v) is 11.0. The Hall–Kier alpha value is -1.06. The third-order valence-electron chi connectivity index (χ3n) is 3.28. The van der Waals surface area contributed by atoms with Crippen molar-refractivity contribution >= 4 is 5.69 Å². The number of benzene rings is 1. The summed E-state index contributed by atoms with van der Waals surface area (Å²) in [4.78, 5) is 2.45. The van der Waals surface area contributed by atoms with Crippen molar-refractivity contribution in [1.29, 1.82) is 0 Å². The molecular weight excluding hydrogens is 212 g/mol. The molecule has 0 radical (unpaired) electrons. The Bertz CT molecular complexity index is 378. The number of rotatable bonds is 3. The van der Waals surface area contributed by atoms with E-state index in [9.17, 15) is 0 Å². The molecule has 1 heterocycles. The standard InChI is InChI=1S/C14H22N2O/c1-11-4-5-14(13(8-11)9-15-3)16-6-7-17-10-12(16)2/h4-5,8,12,15H,6-7,9-10H2,1-3H3. The van der Waals surface area contributed by atoms with Crippen LogP contribution in [0, 0.1) is 6.92 Å². The average molecular weight is 234 g/mol. The fourth-order valence-corrected chi connectivity index (χ4v) is 2.41. The van der Waals surface area contributed by atoms with Crippen molar-refractivity contribution in [3.63, 3.8) is 0 Å². The van der Waals surface area contributed by atoms with Crippen LogP contribution >= 0.6 is 0 Å². The molecule has 0 bridgehead atoms. The lowest BCUT2D eigenvalue weighted by molar-refractivity contribution is 0.0988. The van der Waals surface area contributed by atoms with Crippen LogP contribution in [0.25, 0.3) is 0 Å². The van der Waals surface area contributed by atoms with Crippen molar-refractivity contribution in [2.75, 3.05) is 31.7 Å². The summed E-state index contributed by atoms with van der Waals surface area (Å²) in [5.41, 5.74) is 4.04. The van der Waals surface area contributed by atoms with Crippen molar-refractivity contribution in [2.24, 2.45) is 0 Å². The van der Waals surface area contributed by atoms with E-state index < -0.39 is 0 Å². The van der Waals surface area contributed by atoms with Crippen LogP contribution in [0.4, 0.5) is 5.69 Å². The summed E-state index contributed by atoms with van der Waals surface area (Å²) < 4.78 is 5.50. The van der Waals surface area contributed by atoms with Crippen molar-refractivity contribution < 1.29 is 4.74 Å². The highest BCUT2D eigenvalue weighted by molar-refractivity contribution is 5.56. The van der Waals surface area contributed by atoms with Gasteiger partial charge < -0.3 is 15.0 Å². The summed E-state index contributed by atoms with van der Waals surface area (Å²) in [5.74, 6) is 0. The number of hydrogen-bond acceptors (Lipinski definition) is 3. The van der Waals surface area contributed by atoms with Gasteiger partial charge in [-0.15, -0.1) is 0 Å². The summed E-state index contributed by atoms with van der Waals surface area (Å²) in [5, 5.41) is 3.25. The topological polar surface area (TPSA) is 24.5 Å². The SMILES string of the molecule is CNCc1cc(C)ccc1N1CCOCC1C. The lowest BCUT2D eigenvalue weighted by Crippen LogP contribution is -2.44. The van der Waals surface area contributed by atoms with Gasteiger partial charge in [-0.1, -0.05) is 17.7 Å². The normalized spacial score (nSPS) is 20.6. The Morgan fingerprint density at radius 3 is 3.00 bits per heavy atom. The van der Waals surface area contributed by atoms with E-state index in [-0.39, 0.29) is 0 Å². The zero-order valence-electron chi connectivity index (χ0n) is 11.0. The maximum atomic E-state index is 5.50. The number of hydrogen-bond donors (Lipinski definition) is 1. The number of aryl methyl sites for hydroxylation is 1. The molecule has 1 saturated heterocycles. The first-order valence-corrected chi connectivity index (χ1v) is 6.31. The molecule has 1 aliphatic rings. The minimum atomic E-state index is 0.460. The molecule has 1 aromatic rings.